The molecule has 3 rings (SSSR count). The third kappa shape index (κ3) is 2.51. The van der Waals surface area contributed by atoms with Crippen molar-refractivity contribution in [3.63, 3.8) is 0 Å². The molecule has 0 saturated heterocycles. The average molecular weight is 297 g/mol. The van der Waals surface area contributed by atoms with E-state index < -0.39 is 0 Å². The molecule has 6 nitrogen and oxygen atoms in total. The Morgan fingerprint density at radius 2 is 2.23 bits per heavy atom. The predicted molar refractivity (Wildman–Crippen MR) is 83.0 cm³/mol. The molecule has 22 heavy (non-hydrogen) atoms. The zero-order valence-corrected chi connectivity index (χ0v) is 12.0. The fraction of sp³-hybridized carbons (Fsp3) is 0.125. The van der Waals surface area contributed by atoms with Crippen molar-refractivity contribution in [2.75, 3.05) is 12.4 Å². The van der Waals surface area contributed by atoms with Gasteiger partial charge in [-0.15, -0.1) is 0 Å². The molecule has 0 saturated carbocycles. The summed E-state index contributed by atoms with van der Waals surface area (Å²) in [6.45, 7) is -0.164. The first-order valence-corrected chi connectivity index (χ1v) is 6.74. The smallest absolute Gasteiger partial charge is 0.257 e. The van der Waals surface area contributed by atoms with Gasteiger partial charge < -0.3 is 15.2 Å². The normalized spacial score (nSPS) is 10.6. The van der Waals surface area contributed by atoms with Gasteiger partial charge in [0.1, 0.15) is 5.75 Å². The fourth-order valence-corrected chi connectivity index (χ4v) is 2.34. The van der Waals surface area contributed by atoms with E-state index in [-0.39, 0.29) is 12.5 Å². The van der Waals surface area contributed by atoms with Crippen LogP contribution in [0.5, 0.6) is 5.75 Å². The number of carbonyl (C=O) groups is 1. The lowest BCUT2D eigenvalue weighted by Crippen LogP contribution is -2.12. The number of aliphatic hydroxyl groups is 1. The van der Waals surface area contributed by atoms with Gasteiger partial charge in [0, 0.05) is 16.6 Å². The molecule has 0 atom stereocenters. The van der Waals surface area contributed by atoms with Crippen molar-refractivity contribution in [1.29, 1.82) is 0 Å². The number of hydrogen-bond donors (Lipinski definition) is 3. The maximum Gasteiger partial charge on any atom is 0.257 e. The van der Waals surface area contributed by atoms with Gasteiger partial charge in [-0.25, -0.2) is 0 Å². The number of H-pyrrole nitrogens is 1. The number of anilines is 1. The van der Waals surface area contributed by atoms with Crippen LogP contribution in [0.15, 0.2) is 42.6 Å². The molecule has 0 aliphatic carbocycles. The first kappa shape index (κ1) is 14.1. The van der Waals surface area contributed by atoms with Crippen LogP contribution >= 0.6 is 0 Å². The third-order valence-electron chi connectivity index (χ3n) is 3.43. The number of hydrogen-bond acceptors (Lipinski definition) is 4. The minimum atomic E-state index is -0.246. The molecule has 0 spiro atoms. The first-order chi connectivity index (χ1) is 10.7. The van der Waals surface area contributed by atoms with Crippen molar-refractivity contribution in [2.45, 2.75) is 6.61 Å². The molecule has 0 radical (unpaired) electrons. The van der Waals surface area contributed by atoms with Gasteiger partial charge in [-0.05, 0) is 24.3 Å². The zero-order chi connectivity index (χ0) is 15.5. The van der Waals surface area contributed by atoms with E-state index in [0.29, 0.717) is 28.1 Å². The van der Waals surface area contributed by atoms with E-state index in [9.17, 15) is 9.90 Å². The lowest BCUT2D eigenvalue weighted by molar-refractivity contribution is 0.102. The monoisotopic (exact) mass is 297 g/mol. The Morgan fingerprint density at radius 3 is 3.00 bits per heavy atom. The average Bonchev–Trinajstić information content (AvgIpc) is 3.03. The number of benzene rings is 2. The molecule has 2 aromatic carbocycles. The summed E-state index contributed by atoms with van der Waals surface area (Å²) >= 11 is 0. The Morgan fingerprint density at radius 1 is 1.36 bits per heavy atom. The van der Waals surface area contributed by atoms with Crippen molar-refractivity contribution in [3.05, 3.63) is 53.7 Å². The van der Waals surface area contributed by atoms with Crippen LogP contribution in [0.2, 0.25) is 0 Å². The van der Waals surface area contributed by atoms with Crippen LogP contribution in [0.1, 0.15) is 15.9 Å². The van der Waals surface area contributed by atoms with Crippen LogP contribution in [0.25, 0.3) is 10.9 Å². The first-order valence-electron chi connectivity index (χ1n) is 6.74. The second-order valence-corrected chi connectivity index (χ2v) is 4.78. The van der Waals surface area contributed by atoms with Gasteiger partial charge in [0.25, 0.3) is 5.91 Å². The molecule has 0 aliphatic rings. The lowest BCUT2D eigenvalue weighted by atomic mass is 10.1. The van der Waals surface area contributed by atoms with Crippen LogP contribution in [-0.4, -0.2) is 28.3 Å². The molecule has 0 unspecified atom stereocenters. The van der Waals surface area contributed by atoms with E-state index in [4.69, 9.17) is 4.74 Å². The summed E-state index contributed by atoms with van der Waals surface area (Å²) in [6, 6.07) is 10.5. The van der Waals surface area contributed by atoms with Crippen LogP contribution in [0, 0.1) is 0 Å². The predicted octanol–water partition coefficient (Wildman–Crippen LogP) is 2.32. The van der Waals surface area contributed by atoms with E-state index in [1.807, 2.05) is 6.07 Å². The number of aromatic nitrogens is 2. The molecule has 1 heterocycles. The van der Waals surface area contributed by atoms with Gasteiger partial charge in [-0.1, -0.05) is 12.1 Å². The number of ether oxygens (including phenoxy) is 1. The fourth-order valence-electron chi connectivity index (χ4n) is 2.34. The van der Waals surface area contributed by atoms with Crippen molar-refractivity contribution < 1.29 is 14.6 Å². The number of nitrogens with one attached hydrogen (secondary N) is 2. The van der Waals surface area contributed by atoms with Crippen molar-refractivity contribution in [1.82, 2.24) is 10.2 Å². The Hall–Kier alpha value is -2.86. The van der Waals surface area contributed by atoms with Crippen LogP contribution in [0.3, 0.4) is 0 Å². The summed E-state index contributed by atoms with van der Waals surface area (Å²) in [5, 5.41) is 19.8. The maximum atomic E-state index is 12.4. The van der Waals surface area contributed by atoms with Gasteiger partial charge in [0.15, 0.2) is 0 Å². The summed E-state index contributed by atoms with van der Waals surface area (Å²) in [6.07, 6.45) is 1.67. The van der Waals surface area contributed by atoms with E-state index in [2.05, 4.69) is 15.5 Å². The molecular formula is C16H15N3O3. The molecular weight excluding hydrogens is 282 g/mol. The Bertz CT molecular complexity index is 826. The van der Waals surface area contributed by atoms with E-state index >= 15 is 0 Å². The van der Waals surface area contributed by atoms with Gasteiger partial charge in [0.05, 0.1) is 31.0 Å². The minimum absolute atomic E-state index is 0.164. The van der Waals surface area contributed by atoms with Gasteiger partial charge in [-0.3, -0.25) is 9.89 Å². The second kappa shape index (κ2) is 5.87. The molecule has 0 aliphatic heterocycles. The summed E-state index contributed by atoms with van der Waals surface area (Å²) in [5.74, 6) is 0.333. The van der Waals surface area contributed by atoms with Gasteiger partial charge >= 0.3 is 0 Å². The summed E-state index contributed by atoms with van der Waals surface area (Å²) in [4.78, 5) is 12.4. The number of para-hydroxylation sites is 1. The minimum Gasteiger partial charge on any atom is -0.496 e. The molecule has 1 amide bonds. The largest absolute Gasteiger partial charge is 0.496 e. The molecule has 3 aromatic rings. The highest BCUT2D eigenvalue weighted by Gasteiger charge is 2.12. The molecule has 1 aromatic heterocycles. The van der Waals surface area contributed by atoms with Gasteiger partial charge in [-0.2, -0.15) is 5.10 Å². The van der Waals surface area contributed by atoms with Crippen molar-refractivity contribution >= 4 is 22.5 Å². The number of amides is 1. The lowest BCUT2D eigenvalue weighted by Gasteiger charge is -2.10. The number of aliphatic hydroxyl groups excluding tert-OH is 1. The topological polar surface area (TPSA) is 87.2 Å². The zero-order valence-electron chi connectivity index (χ0n) is 12.0. The van der Waals surface area contributed by atoms with Crippen molar-refractivity contribution in [2.24, 2.45) is 0 Å². The van der Waals surface area contributed by atoms with Crippen molar-refractivity contribution in [3.8, 4) is 5.75 Å². The summed E-state index contributed by atoms with van der Waals surface area (Å²) < 4.78 is 5.14. The number of aromatic amines is 1. The molecule has 3 N–H and O–H groups in total. The van der Waals surface area contributed by atoms with E-state index in [0.717, 1.165) is 5.39 Å². The summed E-state index contributed by atoms with van der Waals surface area (Å²) in [7, 11) is 1.53. The van der Waals surface area contributed by atoms with Crippen LogP contribution in [-0.2, 0) is 6.61 Å². The number of fused-ring (bicyclic) bond motifs is 1. The third-order valence-corrected chi connectivity index (χ3v) is 3.43. The molecule has 6 heteroatoms. The Kier molecular flexibility index (Phi) is 3.76. The number of carbonyl (C=O) groups excluding carboxylic acids is 1. The highest BCUT2D eigenvalue weighted by molar-refractivity contribution is 6.11. The Balaban J connectivity index is 1.90. The second-order valence-electron chi connectivity index (χ2n) is 4.78. The molecule has 0 bridgehead atoms. The van der Waals surface area contributed by atoms with E-state index in [1.54, 1.807) is 36.5 Å². The highest BCUT2D eigenvalue weighted by Crippen LogP contribution is 2.23. The SMILES string of the molecule is COc1ccc(NC(=O)c2cccc3cn[nH]c23)cc1CO. The molecule has 0 fully saturated rings. The van der Waals surface area contributed by atoms with E-state index in [1.165, 1.54) is 7.11 Å². The standard InChI is InChI=1S/C16H15N3O3/c1-22-14-6-5-12(7-11(14)9-20)18-16(21)13-4-2-3-10-8-17-19-15(10)13/h2-8,20H,9H2,1H3,(H,17,19)(H,18,21). The Labute approximate surface area is 126 Å². The molecule has 112 valence electrons. The van der Waals surface area contributed by atoms with Crippen LogP contribution < -0.4 is 10.1 Å². The summed E-state index contributed by atoms with van der Waals surface area (Å²) in [5.41, 5.74) is 2.40. The van der Waals surface area contributed by atoms with Crippen LogP contribution in [0.4, 0.5) is 5.69 Å². The quantitative estimate of drug-likeness (QED) is 0.689. The number of nitrogens with zero attached hydrogens (tertiary/aromatic N) is 1. The number of rotatable bonds is 4. The maximum absolute atomic E-state index is 12.4. The number of methoxy groups -OCH3 is 1. The highest BCUT2D eigenvalue weighted by atomic mass is 16.5. The van der Waals surface area contributed by atoms with Gasteiger partial charge in [0.2, 0.25) is 0 Å².